The third-order valence-corrected chi connectivity index (χ3v) is 4.87. The number of carbonyl (C=O) groups is 2. The Balaban J connectivity index is 1.74. The van der Waals surface area contributed by atoms with Crippen molar-refractivity contribution in [3.05, 3.63) is 58.1 Å². The van der Waals surface area contributed by atoms with Crippen molar-refractivity contribution in [2.24, 2.45) is 0 Å². The largest absolute Gasteiger partial charge is 0.508 e. The van der Waals surface area contributed by atoms with Crippen molar-refractivity contribution in [3.63, 3.8) is 0 Å². The van der Waals surface area contributed by atoms with E-state index in [1.807, 2.05) is 17.0 Å². The summed E-state index contributed by atoms with van der Waals surface area (Å²) in [6, 6.07) is 10.3. The van der Waals surface area contributed by atoms with Gasteiger partial charge in [-0.3, -0.25) is 9.59 Å². The summed E-state index contributed by atoms with van der Waals surface area (Å²) in [4.78, 5) is 26.1. The van der Waals surface area contributed by atoms with Crippen molar-refractivity contribution in [2.45, 2.75) is 32.9 Å². The SMILES string of the molecule is CC(=O)Nc1cc(CNCc2cc(Cl)ccc2O)cc(C(=O)N2CCCC2)c1. The summed E-state index contributed by atoms with van der Waals surface area (Å²) in [6.07, 6.45) is 2.04. The zero-order valence-electron chi connectivity index (χ0n) is 15.8. The Kier molecular flexibility index (Phi) is 6.54. The standard InChI is InChI=1S/C21H24ClN3O3/c1-14(26)24-19-9-15(8-16(11-19)21(28)25-6-2-3-7-25)12-23-13-17-10-18(22)4-5-20(17)27/h4-5,8-11,23,27H,2-3,6-7,12-13H2,1H3,(H,24,26). The number of phenols is 1. The second-order valence-electron chi connectivity index (χ2n) is 6.98. The molecular weight excluding hydrogens is 378 g/mol. The Morgan fingerprint density at radius 1 is 1.11 bits per heavy atom. The van der Waals surface area contributed by atoms with Gasteiger partial charge in [0.15, 0.2) is 0 Å². The molecule has 2 aromatic carbocycles. The molecule has 1 saturated heterocycles. The predicted molar refractivity (Wildman–Crippen MR) is 110 cm³/mol. The minimum absolute atomic E-state index is 0.0153. The van der Waals surface area contributed by atoms with Crippen LogP contribution in [0.25, 0.3) is 0 Å². The molecule has 0 aromatic heterocycles. The Labute approximate surface area is 169 Å². The van der Waals surface area contributed by atoms with Gasteiger partial charge in [-0.15, -0.1) is 0 Å². The quantitative estimate of drug-likeness (QED) is 0.691. The number of aromatic hydroxyl groups is 1. The molecule has 1 aliphatic heterocycles. The van der Waals surface area contributed by atoms with E-state index in [0.717, 1.165) is 31.5 Å². The number of nitrogens with one attached hydrogen (secondary N) is 2. The molecule has 1 fully saturated rings. The number of nitrogens with zero attached hydrogens (tertiary/aromatic N) is 1. The maximum atomic E-state index is 12.8. The molecule has 7 heteroatoms. The zero-order chi connectivity index (χ0) is 20.1. The first kappa shape index (κ1) is 20.2. The lowest BCUT2D eigenvalue weighted by Crippen LogP contribution is -2.28. The fourth-order valence-electron chi connectivity index (χ4n) is 3.33. The van der Waals surface area contributed by atoms with E-state index in [4.69, 9.17) is 11.6 Å². The van der Waals surface area contributed by atoms with Gasteiger partial charge in [-0.25, -0.2) is 0 Å². The molecule has 0 bridgehead atoms. The molecule has 1 aliphatic rings. The van der Waals surface area contributed by atoms with Crippen LogP contribution >= 0.6 is 11.6 Å². The maximum Gasteiger partial charge on any atom is 0.253 e. The van der Waals surface area contributed by atoms with Crippen LogP contribution in [0.2, 0.25) is 5.02 Å². The van der Waals surface area contributed by atoms with E-state index in [0.29, 0.717) is 34.9 Å². The number of halogens is 1. The lowest BCUT2D eigenvalue weighted by Gasteiger charge is -2.17. The van der Waals surface area contributed by atoms with Gasteiger partial charge in [0.2, 0.25) is 5.91 Å². The molecule has 1 heterocycles. The number of amides is 2. The van der Waals surface area contributed by atoms with Gasteiger partial charge in [-0.1, -0.05) is 11.6 Å². The summed E-state index contributed by atoms with van der Waals surface area (Å²) >= 11 is 5.98. The van der Waals surface area contributed by atoms with Crippen molar-refractivity contribution in [2.75, 3.05) is 18.4 Å². The van der Waals surface area contributed by atoms with Crippen molar-refractivity contribution in [1.82, 2.24) is 10.2 Å². The number of benzene rings is 2. The molecule has 6 nitrogen and oxygen atoms in total. The van der Waals surface area contributed by atoms with Crippen LogP contribution in [0.3, 0.4) is 0 Å². The molecule has 2 amide bonds. The summed E-state index contributed by atoms with van der Waals surface area (Å²) in [7, 11) is 0. The van der Waals surface area contributed by atoms with Crippen LogP contribution in [0.15, 0.2) is 36.4 Å². The molecule has 3 rings (SSSR count). The highest BCUT2D eigenvalue weighted by Crippen LogP contribution is 2.22. The number of likely N-dealkylation sites (tertiary alicyclic amines) is 1. The molecule has 0 unspecified atom stereocenters. The maximum absolute atomic E-state index is 12.8. The summed E-state index contributed by atoms with van der Waals surface area (Å²) in [5.41, 5.74) is 2.73. The van der Waals surface area contributed by atoms with Crippen molar-refractivity contribution in [3.8, 4) is 5.75 Å². The first-order valence-electron chi connectivity index (χ1n) is 9.31. The van der Waals surface area contributed by atoms with Crippen LogP contribution in [-0.2, 0) is 17.9 Å². The zero-order valence-corrected chi connectivity index (χ0v) is 16.6. The number of hydrogen-bond acceptors (Lipinski definition) is 4. The van der Waals surface area contributed by atoms with Gasteiger partial charge in [0.1, 0.15) is 5.75 Å². The number of rotatable bonds is 6. The molecule has 0 atom stereocenters. The van der Waals surface area contributed by atoms with Gasteiger partial charge < -0.3 is 20.6 Å². The number of carbonyl (C=O) groups excluding carboxylic acids is 2. The normalized spacial score (nSPS) is 13.6. The van der Waals surface area contributed by atoms with E-state index in [2.05, 4.69) is 10.6 Å². The summed E-state index contributed by atoms with van der Waals surface area (Å²) in [5.74, 6) is -0.0271. The highest BCUT2D eigenvalue weighted by molar-refractivity contribution is 6.30. The minimum atomic E-state index is -0.187. The van der Waals surface area contributed by atoms with Crippen molar-refractivity contribution < 1.29 is 14.7 Å². The van der Waals surface area contributed by atoms with Crippen LogP contribution in [0.4, 0.5) is 5.69 Å². The molecule has 0 saturated carbocycles. The number of anilines is 1. The monoisotopic (exact) mass is 401 g/mol. The van der Waals surface area contributed by atoms with Gasteiger partial charge in [0.25, 0.3) is 5.91 Å². The minimum Gasteiger partial charge on any atom is -0.508 e. The molecule has 148 valence electrons. The van der Waals surface area contributed by atoms with Crippen LogP contribution in [0, 0.1) is 0 Å². The van der Waals surface area contributed by atoms with E-state index >= 15 is 0 Å². The van der Waals surface area contributed by atoms with Gasteiger partial charge >= 0.3 is 0 Å². The van der Waals surface area contributed by atoms with E-state index in [9.17, 15) is 14.7 Å². The second kappa shape index (κ2) is 9.08. The second-order valence-corrected chi connectivity index (χ2v) is 7.41. The third-order valence-electron chi connectivity index (χ3n) is 4.64. The van der Waals surface area contributed by atoms with Crippen LogP contribution in [-0.4, -0.2) is 34.9 Å². The molecule has 2 aromatic rings. The van der Waals surface area contributed by atoms with E-state index in [-0.39, 0.29) is 17.6 Å². The molecule has 0 aliphatic carbocycles. The van der Waals surface area contributed by atoms with E-state index in [1.54, 1.807) is 24.3 Å². The lowest BCUT2D eigenvalue weighted by atomic mass is 10.1. The molecule has 0 radical (unpaired) electrons. The van der Waals surface area contributed by atoms with E-state index < -0.39 is 0 Å². The average Bonchev–Trinajstić information content (AvgIpc) is 3.18. The highest BCUT2D eigenvalue weighted by atomic mass is 35.5. The Bertz CT molecular complexity index is 879. The first-order chi connectivity index (χ1) is 13.4. The van der Waals surface area contributed by atoms with Crippen LogP contribution in [0.5, 0.6) is 5.75 Å². The topological polar surface area (TPSA) is 81.7 Å². The predicted octanol–water partition coefficient (Wildman–Crippen LogP) is 3.53. The Hall–Kier alpha value is -2.57. The van der Waals surface area contributed by atoms with Crippen molar-refractivity contribution >= 4 is 29.1 Å². The highest BCUT2D eigenvalue weighted by Gasteiger charge is 2.20. The summed E-state index contributed by atoms with van der Waals surface area (Å²) < 4.78 is 0. The van der Waals surface area contributed by atoms with Crippen LogP contribution in [0.1, 0.15) is 41.3 Å². The van der Waals surface area contributed by atoms with Gasteiger partial charge in [0.05, 0.1) is 0 Å². The average molecular weight is 402 g/mol. The molecule has 28 heavy (non-hydrogen) atoms. The fraction of sp³-hybridized carbons (Fsp3) is 0.333. The smallest absolute Gasteiger partial charge is 0.253 e. The third kappa shape index (κ3) is 5.24. The van der Waals surface area contributed by atoms with Gasteiger partial charge in [-0.05, 0) is 54.8 Å². The van der Waals surface area contributed by atoms with Gasteiger partial charge in [0, 0.05) is 54.9 Å². The van der Waals surface area contributed by atoms with Crippen molar-refractivity contribution in [1.29, 1.82) is 0 Å². The number of phenolic OH excluding ortho intramolecular Hbond substituents is 1. The first-order valence-corrected chi connectivity index (χ1v) is 9.69. The Morgan fingerprint density at radius 3 is 2.57 bits per heavy atom. The summed E-state index contributed by atoms with van der Waals surface area (Å²) in [5, 5.41) is 16.5. The van der Waals surface area contributed by atoms with Gasteiger partial charge in [-0.2, -0.15) is 0 Å². The molecule has 3 N–H and O–H groups in total. The molecular formula is C21H24ClN3O3. The van der Waals surface area contributed by atoms with E-state index in [1.165, 1.54) is 6.92 Å². The Morgan fingerprint density at radius 2 is 1.86 bits per heavy atom. The lowest BCUT2D eigenvalue weighted by molar-refractivity contribution is -0.114. The fourth-order valence-corrected chi connectivity index (χ4v) is 3.53. The number of hydrogen-bond donors (Lipinski definition) is 3. The summed E-state index contributed by atoms with van der Waals surface area (Å²) in [6.45, 7) is 3.87. The molecule has 0 spiro atoms. The van der Waals surface area contributed by atoms with Crippen LogP contribution < -0.4 is 10.6 Å².